The molecule has 0 radical (unpaired) electrons. The number of halogens is 1. The molecule has 0 saturated heterocycles. The molecule has 7 heteroatoms. The van der Waals surface area contributed by atoms with E-state index in [0.717, 1.165) is 9.26 Å². The van der Waals surface area contributed by atoms with Crippen LogP contribution >= 0.6 is 22.6 Å². The Morgan fingerprint density at radius 2 is 1.92 bits per heavy atom. The first kappa shape index (κ1) is 17.2. The number of hydrogen-bond donors (Lipinski definition) is 1. The van der Waals surface area contributed by atoms with Crippen molar-refractivity contribution in [2.24, 2.45) is 5.10 Å². The zero-order valence-electron chi connectivity index (χ0n) is 13.3. The van der Waals surface area contributed by atoms with Crippen molar-refractivity contribution in [1.29, 1.82) is 0 Å². The number of furan rings is 1. The normalized spacial score (nSPS) is 11.0. The van der Waals surface area contributed by atoms with Gasteiger partial charge in [0.1, 0.15) is 11.5 Å². The fourth-order valence-electron chi connectivity index (χ4n) is 2.23. The average molecular weight is 447 g/mol. The van der Waals surface area contributed by atoms with Crippen LogP contribution in [-0.2, 0) is 0 Å². The van der Waals surface area contributed by atoms with Gasteiger partial charge in [0.15, 0.2) is 0 Å². The van der Waals surface area contributed by atoms with Crippen LogP contribution in [0, 0.1) is 20.6 Å². The van der Waals surface area contributed by atoms with Crippen molar-refractivity contribution in [1.82, 2.24) is 0 Å². The van der Waals surface area contributed by atoms with Crippen molar-refractivity contribution < 1.29 is 9.34 Å². The predicted molar refractivity (Wildman–Crippen MR) is 106 cm³/mol. The molecule has 0 fully saturated rings. The van der Waals surface area contributed by atoms with Crippen LogP contribution in [-0.4, -0.2) is 11.1 Å². The first-order chi connectivity index (χ1) is 12.0. The van der Waals surface area contributed by atoms with Crippen LogP contribution in [0.5, 0.6) is 0 Å². The van der Waals surface area contributed by atoms with E-state index in [0.29, 0.717) is 22.6 Å². The van der Waals surface area contributed by atoms with Gasteiger partial charge in [0, 0.05) is 20.8 Å². The van der Waals surface area contributed by atoms with Crippen LogP contribution in [0.4, 0.5) is 11.4 Å². The minimum atomic E-state index is -0.394. The molecule has 3 rings (SSSR count). The van der Waals surface area contributed by atoms with Gasteiger partial charge >= 0.3 is 0 Å². The number of aryl methyl sites for hydroxylation is 1. The second-order valence-corrected chi connectivity index (χ2v) is 6.58. The Balaban J connectivity index is 1.74. The summed E-state index contributed by atoms with van der Waals surface area (Å²) < 4.78 is 6.84. The van der Waals surface area contributed by atoms with Gasteiger partial charge in [0.2, 0.25) is 0 Å². The van der Waals surface area contributed by atoms with Gasteiger partial charge in [0.05, 0.1) is 16.8 Å². The molecule has 0 amide bonds. The Hall–Kier alpha value is -2.68. The summed E-state index contributed by atoms with van der Waals surface area (Å²) in [6.07, 6.45) is 1.56. The molecular weight excluding hydrogens is 433 g/mol. The van der Waals surface area contributed by atoms with Crippen molar-refractivity contribution in [2.45, 2.75) is 6.92 Å². The summed E-state index contributed by atoms with van der Waals surface area (Å²) in [5.41, 5.74) is 5.13. The van der Waals surface area contributed by atoms with E-state index in [1.54, 1.807) is 37.4 Å². The van der Waals surface area contributed by atoms with Gasteiger partial charge in [-0.25, -0.2) is 0 Å². The highest BCUT2D eigenvalue weighted by atomic mass is 127. The van der Waals surface area contributed by atoms with Crippen LogP contribution < -0.4 is 5.43 Å². The highest BCUT2D eigenvalue weighted by molar-refractivity contribution is 14.1. The average Bonchev–Trinajstić information content (AvgIpc) is 3.06. The number of nitro groups is 1. The fraction of sp³-hybridized carbons (Fsp3) is 0.0556. The number of rotatable bonds is 5. The third-order valence-electron chi connectivity index (χ3n) is 3.55. The molecule has 0 atom stereocenters. The van der Waals surface area contributed by atoms with E-state index in [9.17, 15) is 10.1 Å². The van der Waals surface area contributed by atoms with Crippen molar-refractivity contribution >= 4 is 40.2 Å². The Morgan fingerprint density at radius 3 is 2.64 bits per heavy atom. The van der Waals surface area contributed by atoms with Gasteiger partial charge in [-0.3, -0.25) is 15.5 Å². The summed E-state index contributed by atoms with van der Waals surface area (Å²) in [6, 6.07) is 16.4. The van der Waals surface area contributed by atoms with Crippen molar-refractivity contribution in [3.05, 3.63) is 79.6 Å². The molecular formula is C18H14IN3O3. The quantitative estimate of drug-likeness (QED) is 0.252. The van der Waals surface area contributed by atoms with E-state index in [1.165, 1.54) is 6.07 Å². The summed E-state index contributed by atoms with van der Waals surface area (Å²) in [5.74, 6) is 1.11. The number of nitro benzene ring substituents is 1. The Morgan fingerprint density at radius 1 is 1.16 bits per heavy atom. The molecule has 126 valence electrons. The zero-order chi connectivity index (χ0) is 17.8. The summed E-state index contributed by atoms with van der Waals surface area (Å²) >= 11 is 2.24. The molecule has 0 unspecified atom stereocenters. The predicted octanol–water partition coefficient (Wildman–Crippen LogP) is 5.21. The molecule has 3 aromatic rings. The number of benzene rings is 2. The third-order valence-corrected chi connectivity index (χ3v) is 4.27. The molecule has 0 saturated carbocycles. The van der Waals surface area contributed by atoms with Crippen molar-refractivity contribution in [3.63, 3.8) is 0 Å². The monoisotopic (exact) mass is 447 g/mol. The SMILES string of the molecule is Cc1ccc(-c2ccc(/C=N/Nc3ccc(I)cc3)o2)cc1[N+](=O)[O-]. The lowest BCUT2D eigenvalue weighted by Gasteiger charge is -2.00. The maximum Gasteiger partial charge on any atom is 0.273 e. The van der Waals surface area contributed by atoms with E-state index < -0.39 is 4.92 Å². The Labute approximate surface area is 157 Å². The lowest BCUT2D eigenvalue weighted by molar-refractivity contribution is -0.385. The number of hydrazone groups is 1. The molecule has 0 bridgehead atoms. The largest absolute Gasteiger partial charge is 0.455 e. The first-order valence-electron chi connectivity index (χ1n) is 7.43. The number of nitrogens with zero attached hydrogens (tertiary/aromatic N) is 2. The minimum Gasteiger partial charge on any atom is -0.455 e. The van der Waals surface area contributed by atoms with Crippen molar-refractivity contribution in [3.8, 4) is 11.3 Å². The molecule has 0 spiro atoms. The Bertz CT molecular complexity index is 933. The second kappa shape index (κ2) is 7.47. The van der Waals surface area contributed by atoms with Crippen LogP contribution in [0.3, 0.4) is 0 Å². The van der Waals surface area contributed by atoms with Crippen LogP contribution in [0.15, 0.2) is 64.1 Å². The molecule has 0 aliphatic rings. The third kappa shape index (κ3) is 4.24. The van der Waals surface area contributed by atoms with Gasteiger partial charge in [-0.15, -0.1) is 0 Å². The Kier molecular flexibility index (Phi) is 5.13. The van der Waals surface area contributed by atoms with Gasteiger partial charge in [0.25, 0.3) is 5.69 Å². The van der Waals surface area contributed by atoms with Crippen LogP contribution in [0.2, 0.25) is 0 Å². The zero-order valence-corrected chi connectivity index (χ0v) is 15.4. The number of nitrogens with one attached hydrogen (secondary N) is 1. The summed E-state index contributed by atoms with van der Waals surface area (Å²) in [7, 11) is 0. The summed E-state index contributed by atoms with van der Waals surface area (Å²) in [6.45, 7) is 1.71. The smallest absolute Gasteiger partial charge is 0.273 e. The molecule has 0 aliphatic heterocycles. The molecule has 1 N–H and O–H groups in total. The maximum atomic E-state index is 11.1. The fourth-order valence-corrected chi connectivity index (χ4v) is 2.59. The lowest BCUT2D eigenvalue weighted by atomic mass is 10.1. The van der Waals surface area contributed by atoms with Gasteiger partial charge < -0.3 is 4.42 Å². The summed E-state index contributed by atoms with van der Waals surface area (Å²) in [5, 5.41) is 15.2. The van der Waals surface area contributed by atoms with E-state index >= 15 is 0 Å². The van der Waals surface area contributed by atoms with Crippen LogP contribution in [0.1, 0.15) is 11.3 Å². The summed E-state index contributed by atoms with van der Waals surface area (Å²) in [4.78, 5) is 10.7. The second-order valence-electron chi connectivity index (χ2n) is 5.34. The van der Waals surface area contributed by atoms with Crippen molar-refractivity contribution in [2.75, 3.05) is 5.43 Å². The molecule has 1 heterocycles. The molecule has 0 aliphatic carbocycles. The molecule has 25 heavy (non-hydrogen) atoms. The first-order valence-corrected chi connectivity index (χ1v) is 8.51. The standard InChI is InChI=1S/C18H14IN3O3/c1-12-2-3-13(10-17(12)22(23)24)18-9-8-16(25-18)11-20-21-15-6-4-14(19)5-7-15/h2-11,21H,1H3/b20-11+. The lowest BCUT2D eigenvalue weighted by Crippen LogP contribution is -1.91. The van der Waals surface area contributed by atoms with E-state index in [4.69, 9.17) is 4.42 Å². The van der Waals surface area contributed by atoms with Gasteiger partial charge in [-0.05, 0) is 65.9 Å². The molecule has 2 aromatic carbocycles. The highest BCUT2D eigenvalue weighted by Crippen LogP contribution is 2.27. The van der Waals surface area contributed by atoms with E-state index in [1.807, 2.05) is 24.3 Å². The maximum absolute atomic E-state index is 11.1. The van der Waals surface area contributed by atoms with Crippen LogP contribution in [0.25, 0.3) is 11.3 Å². The molecule has 1 aromatic heterocycles. The number of hydrogen-bond acceptors (Lipinski definition) is 5. The number of anilines is 1. The minimum absolute atomic E-state index is 0.0736. The van der Waals surface area contributed by atoms with E-state index in [-0.39, 0.29) is 5.69 Å². The highest BCUT2D eigenvalue weighted by Gasteiger charge is 2.13. The van der Waals surface area contributed by atoms with Gasteiger partial charge in [-0.2, -0.15) is 5.10 Å². The topological polar surface area (TPSA) is 80.7 Å². The van der Waals surface area contributed by atoms with E-state index in [2.05, 4.69) is 33.1 Å². The van der Waals surface area contributed by atoms with Gasteiger partial charge in [-0.1, -0.05) is 12.1 Å². The molecule has 6 nitrogen and oxygen atoms in total.